The highest BCUT2D eigenvalue weighted by Crippen LogP contribution is 2.03. The number of hydrogen-bond acceptors (Lipinski definition) is 3. The molecule has 0 saturated heterocycles. The molecule has 3 heteroatoms. The van der Waals surface area contributed by atoms with Crippen LogP contribution in [0.2, 0.25) is 0 Å². The van der Waals surface area contributed by atoms with Crippen molar-refractivity contribution in [3.63, 3.8) is 0 Å². The van der Waals surface area contributed by atoms with E-state index in [0.29, 0.717) is 0 Å². The van der Waals surface area contributed by atoms with E-state index in [4.69, 9.17) is 9.90 Å². The van der Waals surface area contributed by atoms with Crippen LogP contribution in [0.25, 0.3) is 0 Å². The lowest BCUT2D eigenvalue weighted by Gasteiger charge is -2.11. The first-order chi connectivity index (χ1) is 5.81. The molecular weight excluding hydrogens is 154 g/mol. The Balaban J connectivity index is 0.000000354. The monoisotopic (exact) mass is 171 g/mol. The van der Waals surface area contributed by atoms with Crippen LogP contribution in [0.3, 0.4) is 0 Å². The summed E-state index contributed by atoms with van der Waals surface area (Å²) < 4.78 is 0. The topological polar surface area (TPSA) is 49.3 Å². The van der Waals surface area contributed by atoms with Crippen molar-refractivity contribution >= 4 is 6.29 Å². The van der Waals surface area contributed by atoms with Crippen LogP contribution in [-0.2, 0) is 4.79 Å². The first kappa shape index (κ1) is 11.2. The van der Waals surface area contributed by atoms with Crippen LogP contribution in [0, 0.1) is 0 Å². The third-order valence-electron chi connectivity index (χ3n) is 1.52. The highest BCUT2D eigenvalue weighted by molar-refractivity contribution is 5.44. The fourth-order valence-electron chi connectivity index (χ4n) is 0.933. The van der Waals surface area contributed by atoms with Gasteiger partial charge in [-0.15, -0.1) is 0 Å². The maximum absolute atomic E-state index is 9.14. The summed E-state index contributed by atoms with van der Waals surface area (Å²) in [4.78, 5) is 8.81. The van der Waals surface area contributed by atoms with Crippen LogP contribution in [0.5, 0.6) is 0 Å². The summed E-state index contributed by atoms with van der Waals surface area (Å²) in [6, 6.07) is 0. The van der Waals surface area contributed by atoms with Gasteiger partial charge in [-0.1, -0.05) is 6.08 Å². The second-order valence-electron chi connectivity index (χ2n) is 2.61. The van der Waals surface area contributed by atoms with E-state index in [1.54, 1.807) is 0 Å². The van der Waals surface area contributed by atoms with E-state index in [1.165, 1.54) is 6.92 Å². The average molecular weight is 171 g/mol. The minimum absolute atomic E-state index is 0.0950. The second-order valence-corrected chi connectivity index (χ2v) is 2.61. The lowest BCUT2D eigenvalue weighted by atomic mass is 10.1. The van der Waals surface area contributed by atoms with Gasteiger partial charge in [-0.2, -0.15) is 0 Å². The average Bonchev–Trinajstić information content (AvgIpc) is 1.98. The zero-order valence-corrected chi connectivity index (χ0v) is 7.49. The summed E-state index contributed by atoms with van der Waals surface area (Å²) in [5, 5.41) is 12.2. The molecule has 1 unspecified atom stereocenters. The van der Waals surface area contributed by atoms with E-state index in [-0.39, 0.29) is 6.10 Å². The lowest BCUT2D eigenvalue weighted by molar-refractivity contribution is -0.106. The highest BCUT2D eigenvalue weighted by atomic mass is 16.3. The molecule has 1 rings (SSSR count). The number of aldehydes is 1. The third-order valence-corrected chi connectivity index (χ3v) is 1.52. The van der Waals surface area contributed by atoms with Crippen molar-refractivity contribution in [2.45, 2.75) is 32.3 Å². The smallest absolute Gasteiger partial charge is 0.116 e. The van der Waals surface area contributed by atoms with Gasteiger partial charge in [0.05, 0.1) is 6.10 Å². The summed E-state index contributed by atoms with van der Waals surface area (Å²) >= 11 is 0. The number of rotatable bonds is 0. The molecule has 3 nitrogen and oxygen atoms in total. The van der Waals surface area contributed by atoms with Crippen LogP contribution in [0.15, 0.2) is 12.3 Å². The molecule has 1 aliphatic rings. The van der Waals surface area contributed by atoms with Gasteiger partial charge in [-0.3, -0.25) is 0 Å². The molecule has 70 valence electrons. The standard InChI is InChI=1S/C7H13NO.C2H4O/c9-7-3-1-2-5-8-6-4-7;1-2-3/h2,5,7-9H,1,3-4,6H2;2H,1H3/b5-2-;. The van der Waals surface area contributed by atoms with Crippen LogP contribution in [-0.4, -0.2) is 24.0 Å². The van der Waals surface area contributed by atoms with E-state index in [2.05, 4.69) is 11.4 Å². The van der Waals surface area contributed by atoms with Gasteiger partial charge in [0.2, 0.25) is 0 Å². The van der Waals surface area contributed by atoms with Crippen LogP contribution in [0.4, 0.5) is 0 Å². The Morgan fingerprint density at radius 3 is 2.92 bits per heavy atom. The molecular formula is C9H17NO2. The Kier molecular flexibility index (Phi) is 7.70. The summed E-state index contributed by atoms with van der Waals surface area (Å²) in [6.07, 6.45) is 7.47. The molecule has 12 heavy (non-hydrogen) atoms. The van der Waals surface area contributed by atoms with E-state index >= 15 is 0 Å². The van der Waals surface area contributed by atoms with Crippen LogP contribution < -0.4 is 5.32 Å². The Morgan fingerprint density at radius 1 is 1.58 bits per heavy atom. The number of aliphatic hydroxyl groups is 1. The van der Waals surface area contributed by atoms with Gasteiger partial charge < -0.3 is 15.2 Å². The molecule has 0 bridgehead atoms. The van der Waals surface area contributed by atoms with Crippen molar-refractivity contribution in [2.75, 3.05) is 6.54 Å². The maximum atomic E-state index is 9.14. The lowest BCUT2D eigenvalue weighted by Crippen LogP contribution is -2.17. The SMILES string of the molecule is CC=O.OC1CC/C=C\NCC1. The summed E-state index contributed by atoms with van der Waals surface area (Å²) in [6.45, 7) is 2.34. The first-order valence-electron chi connectivity index (χ1n) is 4.27. The molecule has 0 radical (unpaired) electrons. The summed E-state index contributed by atoms with van der Waals surface area (Å²) in [5.74, 6) is 0. The van der Waals surface area contributed by atoms with Crippen LogP contribution in [0.1, 0.15) is 26.2 Å². The Hall–Kier alpha value is -0.830. The molecule has 2 N–H and O–H groups in total. The van der Waals surface area contributed by atoms with Gasteiger partial charge in [0.1, 0.15) is 6.29 Å². The van der Waals surface area contributed by atoms with Gasteiger partial charge in [0.25, 0.3) is 0 Å². The Bertz CT molecular complexity index is 134. The number of carbonyl (C=O) groups is 1. The van der Waals surface area contributed by atoms with Gasteiger partial charge in [-0.25, -0.2) is 0 Å². The van der Waals surface area contributed by atoms with Crippen molar-refractivity contribution in [1.29, 1.82) is 0 Å². The Labute approximate surface area is 73.5 Å². The number of aliphatic hydroxyl groups excluding tert-OH is 1. The maximum Gasteiger partial charge on any atom is 0.116 e. The number of hydrogen-bond donors (Lipinski definition) is 2. The van der Waals surface area contributed by atoms with Gasteiger partial charge in [0.15, 0.2) is 0 Å². The minimum Gasteiger partial charge on any atom is -0.393 e. The molecule has 0 aromatic heterocycles. The first-order valence-corrected chi connectivity index (χ1v) is 4.27. The molecule has 0 fully saturated rings. The minimum atomic E-state index is -0.0950. The zero-order valence-electron chi connectivity index (χ0n) is 7.49. The number of carbonyl (C=O) groups excluding carboxylic acids is 1. The summed E-state index contributed by atoms with van der Waals surface area (Å²) in [5.41, 5.74) is 0. The second kappa shape index (κ2) is 8.27. The quantitative estimate of drug-likeness (QED) is 0.531. The molecule has 0 aromatic rings. The van der Waals surface area contributed by atoms with E-state index < -0.39 is 0 Å². The molecule has 1 atom stereocenters. The predicted octanol–water partition coefficient (Wildman–Crippen LogP) is 0.840. The zero-order chi connectivity index (χ0) is 9.23. The largest absolute Gasteiger partial charge is 0.393 e. The molecule has 0 amide bonds. The Morgan fingerprint density at radius 2 is 2.25 bits per heavy atom. The van der Waals surface area contributed by atoms with Crippen molar-refractivity contribution in [2.24, 2.45) is 0 Å². The fraction of sp³-hybridized carbons (Fsp3) is 0.667. The molecule has 1 aliphatic heterocycles. The summed E-state index contributed by atoms with van der Waals surface area (Å²) in [7, 11) is 0. The van der Waals surface area contributed by atoms with Crippen molar-refractivity contribution in [3.05, 3.63) is 12.3 Å². The molecule has 0 saturated carbocycles. The van der Waals surface area contributed by atoms with Gasteiger partial charge >= 0.3 is 0 Å². The molecule has 0 spiro atoms. The fourth-order valence-corrected chi connectivity index (χ4v) is 0.933. The van der Waals surface area contributed by atoms with Gasteiger partial charge in [0, 0.05) is 6.54 Å². The van der Waals surface area contributed by atoms with E-state index in [1.807, 2.05) is 6.20 Å². The molecule has 0 aliphatic carbocycles. The van der Waals surface area contributed by atoms with Crippen molar-refractivity contribution in [1.82, 2.24) is 5.32 Å². The van der Waals surface area contributed by atoms with E-state index in [0.717, 1.165) is 32.1 Å². The number of allylic oxidation sites excluding steroid dienone is 1. The van der Waals surface area contributed by atoms with E-state index in [9.17, 15) is 0 Å². The molecule has 1 heterocycles. The number of nitrogens with one attached hydrogen (secondary N) is 1. The third kappa shape index (κ3) is 7.28. The molecule has 0 aromatic carbocycles. The van der Waals surface area contributed by atoms with Crippen LogP contribution >= 0.6 is 0 Å². The van der Waals surface area contributed by atoms with Crippen molar-refractivity contribution in [3.8, 4) is 0 Å². The van der Waals surface area contributed by atoms with Crippen molar-refractivity contribution < 1.29 is 9.90 Å². The highest BCUT2D eigenvalue weighted by Gasteiger charge is 2.02. The normalized spacial score (nSPS) is 25.0. The predicted molar refractivity (Wildman–Crippen MR) is 48.7 cm³/mol. The van der Waals surface area contributed by atoms with Gasteiger partial charge in [-0.05, 0) is 32.4 Å².